The van der Waals surface area contributed by atoms with Crippen LogP contribution in [0, 0.1) is 0 Å². The van der Waals surface area contributed by atoms with Crippen LogP contribution < -0.4 is 5.73 Å². The average molecular weight is 524 g/mol. The van der Waals surface area contributed by atoms with Crippen LogP contribution in [0.3, 0.4) is 0 Å². The maximum atomic E-state index is 11.9. The molecule has 1 saturated heterocycles. The van der Waals surface area contributed by atoms with E-state index in [2.05, 4.69) is 15.0 Å². The van der Waals surface area contributed by atoms with Gasteiger partial charge in [0, 0.05) is 0 Å². The number of imidazole rings is 1. The highest BCUT2D eigenvalue weighted by molar-refractivity contribution is 6.28. The summed E-state index contributed by atoms with van der Waals surface area (Å²) < 4.78 is 17.5. The normalized spacial score (nSPS) is 22.2. The van der Waals surface area contributed by atoms with Crippen LogP contribution in [0.15, 0.2) is 36.7 Å². The molecular weight excluding hydrogens is 502 g/mol. The number of carbonyl (C=O) groups is 2. The molecule has 0 saturated carbocycles. The largest absolute Gasteiger partial charge is 0.479 e. The molecule has 0 spiro atoms. The molecule has 192 valence electrons. The van der Waals surface area contributed by atoms with E-state index in [1.165, 1.54) is 10.9 Å². The number of nitrogen functional groups attached to an aromatic ring is 1. The average Bonchev–Trinajstić information content (AvgIpc) is 3.37. The first-order valence-corrected chi connectivity index (χ1v) is 10.9. The van der Waals surface area contributed by atoms with Gasteiger partial charge in [0.25, 0.3) is 5.60 Å². The van der Waals surface area contributed by atoms with E-state index in [9.17, 15) is 30.0 Å². The van der Waals surface area contributed by atoms with E-state index in [0.29, 0.717) is 5.56 Å². The van der Waals surface area contributed by atoms with Gasteiger partial charge in [-0.05, 0) is 17.2 Å². The third-order valence-corrected chi connectivity index (χ3v) is 5.80. The number of hydrogen-bond donors (Lipinski definition) is 5. The smallest absolute Gasteiger partial charge is 0.350 e. The number of ether oxygens (including phenoxy) is 3. The Labute approximate surface area is 207 Å². The van der Waals surface area contributed by atoms with Gasteiger partial charge in [-0.2, -0.15) is 9.97 Å². The Morgan fingerprint density at radius 2 is 1.83 bits per heavy atom. The predicted octanol–water partition coefficient (Wildman–Crippen LogP) is -0.177. The van der Waals surface area contributed by atoms with E-state index in [-0.39, 0.29) is 28.9 Å². The first kappa shape index (κ1) is 25.7. The van der Waals surface area contributed by atoms with E-state index >= 15 is 0 Å². The maximum Gasteiger partial charge on any atom is 0.350 e. The number of nitrogens with zero attached hydrogens (tertiary/aromatic N) is 4. The number of aromatic nitrogens is 4. The Morgan fingerprint density at radius 1 is 1.14 bits per heavy atom. The van der Waals surface area contributed by atoms with Crippen molar-refractivity contribution in [2.75, 3.05) is 18.9 Å². The van der Waals surface area contributed by atoms with Gasteiger partial charge in [0.2, 0.25) is 5.28 Å². The van der Waals surface area contributed by atoms with Crippen molar-refractivity contribution in [2.24, 2.45) is 0 Å². The lowest BCUT2D eigenvalue weighted by Crippen LogP contribution is -2.54. The van der Waals surface area contributed by atoms with Gasteiger partial charge in [-0.1, -0.05) is 30.3 Å². The number of anilines is 1. The van der Waals surface area contributed by atoms with Crippen molar-refractivity contribution in [1.82, 2.24) is 19.5 Å². The third-order valence-electron chi connectivity index (χ3n) is 5.63. The van der Waals surface area contributed by atoms with Gasteiger partial charge in [-0.15, -0.1) is 0 Å². The van der Waals surface area contributed by atoms with Crippen LogP contribution in [0.2, 0.25) is 5.28 Å². The summed E-state index contributed by atoms with van der Waals surface area (Å²) in [4.78, 5) is 35.7. The van der Waals surface area contributed by atoms with E-state index in [4.69, 9.17) is 31.5 Å². The van der Waals surface area contributed by atoms with Crippen molar-refractivity contribution >= 4 is 40.5 Å². The summed E-state index contributed by atoms with van der Waals surface area (Å²) in [6.07, 6.45) is -4.44. The Hall–Kier alpha value is -3.40. The standard InChI is InChI=1S/C21H22ClN5O9/c22-20-25-15(23)12-16(26-20)27(9-24-12)17-14(29)13(28)11(36-17)7-35-21(18(30)31,19(32)33)8-34-6-10-4-2-1-3-5-10/h1-5,9,11,13-14,17,28-29H,6-8H2,(H,30,31)(H,32,33)(H2,23,25,26)/t11-,13-,14-,17-/m1/s1. The summed E-state index contributed by atoms with van der Waals surface area (Å²) in [7, 11) is 0. The van der Waals surface area contributed by atoms with Gasteiger partial charge in [-0.25, -0.2) is 14.6 Å². The molecule has 14 nitrogen and oxygen atoms in total. The molecule has 4 atom stereocenters. The van der Waals surface area contributed by atoms with E-state index < -0.39 is 55.3 Å². The molecule has 1 fully saturated rings. The Kier molecular flexibility index (Phi) is 7.35. The first-order chi connectivity index (χ1) is 17.1. The summed E-state index contributed by atoms with van der Waals surface area (Å²) in [6, 6.07) is 8.72. The summed E-state index contributed by atoms with van der Waals surface area (Å²) in [5.74, 6) is -3.63. The van der Waals surface area contributed by atoms with Crippen molar-refractivity contribution in [3.63, 3.8) is 0 Å². The SMILES string of the molecule is Nc1nc(Cl)nc2c1ncn2[C@@H]1O[C@H](COC(COCc2ccccc2)(C(=O)O)C(=O)O)[C@@H](O)[C@H]1O. The van der Waals surface area contributed by atoms with Crippen LogP contribution in [0.5, 0.6) is 0 Å². The molecular formula is C21H22ClN5O9. The first-order valence-electron chi connectivity index (χ1n) is 10.5. The third kappa shape index (κ3) is 4.82. The molecule has 3 aromatic rings. The topological polar surface area (TPSA) is 212 Å². The highest BCUT2D eigenvalue weighted by Gasteiger charge is 2.52. The Morgan fingerprint density at radius 3 is 2.50 bits per heavy atom. The molecule has 0 radical (unpaired) electrons. The molecule has 4 rings (SSSR count). The molecule has 36 heavy (non-hydrogen) atoms. The number of fused-ring (bicyclic) bond motifs is 1. The number of carboxylic acids is 2. The fraction of sp³-hybridized carbons (Fsp3) is 0.381. The van der Waals surface area contributed by atoms with Gasteiger partial charge in [0.1, 0.15) is 23.8 Å². The number of nitrogens with two attached hydrogens (primary N) is 1. The van der Waals surface area contributed by atoms with Crippen molar-refractivity contribution in [3.8, 4) is 0 Å². The fourth-order valence-corrected chi connectivity index (χ4v) is 3.86. The van der Waals surface area contributed by atoms with Crippen LogP contribution in [0.4, 0.5) is 5.82 Å². The number of carboxylic acid groups (broad SMARTS) is 2. The minimum Gasteiger partial charge on any atom is -0.479 e. The summed E-state index contributed by atoms with van der Waals surface area (Å²) in [5, 5.41) is 40.2. The second-order valence-electron chi connectivity index (χ2n) is 7.97. The van der Waals surface area contributed by atoms with Crippen LogP contribution in [-0.4, -0.2) is 89.0 Å². The molecule has 1 aliphatic heterocycles. The van der Waals surface area contributed by atoms with Crippen LogP contribution in [0.1, 0.15) is 11.8 Å². The van der Waals surface area contributed by atoms with Gasteiger partial charge in [0.05, 0.1) is 26.1 Å². The Bertz CT molecular complexity index is 1240. The summed E-state index contributed by atoms with van der Waals surface area (Å²) >= 11 is 5.85. The predicted molar refractivity (Wildman–Crippen MR) is 121 cm³/mol. The number of aliphatic hydroxyl groups excluding tert-OH is 2. The molecule has 2 aromatic heterocycles. The lowest BCUT2D eigenvalue weighted by molar-refractivity contribution is -0.199. The van der Waals surface area contributed by atoms with E-state index in [1.807, 2.05) is 0 Å². The molecule has 0 amide bonds. The van der Waals surface area contributed by atoms with Gasteiger partial charge >= 0.3 is 11.9 Å². The van der Waals surface area contributed by atoms with Gasteiger partial charge in [-0.3, -0.25) is 4.57 Å². The lowest BCUT2D eigenvalue weighted by Gasteiger charge is -2.27. The maximum absolute atomic E-state index is 11.9. The van der Waals surface area contributed by atoms with Crippen molar-refractivity contribution in [3.05, 3.63) is 47.5 Å². The minimum absolute atomic E-state index is 0.0140. The highest BCUT2D eigenvalue weighted by Crippen LogP contribution is 2.33. The fourth-order valence-electron chi connectivity index (χ4n) is 3.68. The van der Waals surface area contributed by atoms with Crippen LogP contribution in [0.25, 0.3) is 11.2 Å². The zero-order valence-electron chi connectivity index (χ0n) is 18.5. The lowest BCUT2D eigenvalue weighted by atomic mass is 10.1. The number of aliphatic hydroxyl groups is 2. The minimum atomic E-state index is -2.79. The molecule has 0 unspecified atom stereocenters. The molecule has 3 heterocycles. The molecule has 1 aromatic carbocycles. The number of halogens is 1. The summed E-state index contributed by atoms with van der Waals surface area (Å²) in [6.45, 7) is -1.59. The van der Waals surface area contributed by atoms with Crippen LogP contribution >= 0.6 is 11.6 Å². The van der Waals surface area contributed by atoms with Crippen molar-refractivity contribution in [2.45, 2.75) is 36.7 Å². The van der Waals surface area contributed by atoms with E-state index in [0.717, 1.165) is 0 Å². The van der Waals surface area contributed by atoms with Crippen molar-refractivity contribution in [1.29, 1.82) is 0 Å². The number of aliphatic carboxylic acids is 2. The second-order valence-corrected chi connectivity index (χ2v) is 8.31. The monoisotopic (exact) mass is 523 g/mol. The van der Waals surface area contributed by atoms with Gasteiger partial charge < -0.3 is 40.4 Å². The molecule has 1 aliphatic rings. The second kappa shape index (κ2) is 10.3. The number of benzene rings is 1. The zero-order chi connectivity index (χ0) is 26.0. The number of rotatable bonds is 10. The summed E-state index contributed by atoms with van der Waals surface area (Å²) in [5.41, 5.74) is 3.97. The highest BCUT2D eigenvalue weighted by atomic mass is 35.5. The molecule has 0 aliphatic carbocycles. The molecule has 15 heteroatoms. The number of hydrogen-bond acceptors (Lipinski definition) is 11. The van der Waals surface area contributed by atoms with Crippen LogP contribution in [-0.2, 0) is 30.4 Å². The Balaban J connectivity index is 1.49. The van der Waals surface area contributed by atoms with Crippen molar-refractivity contribution < 1.29 is 44.2 Å². The zero-order valence-corrected chi connectivity index (χ0v) is 19.2. The quantitative estimate of drug-likeness (QED) is 0.172. The molecule has 6 N–H and O–H groups in total. The van der Waals surface area contributed by atoms with Gasteiger partial charge in [0.15, 0.2) is 17.7 Å². The van der Waals surface area contributed by atoms with E-state index in [1.54, 1.807) is 30.3 Å². The molecule has 0 bridgehead atoms.